The minimum Gasteiger partial charge on any atom is -0.355 e. The van der Waals surface area contributed by atoms with Crippen molar-refractivity contribution < 1.29 is 72.0 Å². The zero-order valence-electron chi connectivity index (χ0n) is 32.4. The average molecular weight is 822 g/mol. The third-order valence-corrected chi connectivity index (χ3v) is 8.84. The topological polar surface area (TPSA) is 282 Å². The molecule has 58 heavy (non-hydrogen) atoms. The van der Waals surface area contributed by atoms with Crippen molar-refractivity contribution in [2.24, 2.45) is 0 Å². The number of hydroxylamine groups is 6. The van der Waals surface area contributed by atoms with E-state index in [0.717, 1.165) is 0 Å². The molecule has 0 aromatic heterocycles. The van der Waals surface area contributed by atoms with E-state index in [0.29, 0.717) is 73.0 Å². The number of hydrogen-bond donors (Lipinski definition) is 3. The van der Waals surface area contributed by atoms with E-state index < -0.39 is 71.1 Å². The Bertz CT molecular complexity index is 1360. The summed E-state index contributed by atoms with van der Waals surface area (Å²) in [5.74, 6) is -6.93. The molecule has 3 heterocycles. The minimum absolute atomic E-state index is 0.00528. The highest BCUT2D eigenvalue weighted by atomic mass is 16.7. The van der Waals surface area contributed by atoms with Crippen molar-refractivity contribution in [3.8, 4) is 0 Å². The highest BCUT2D eigenvalue weighted by Crippen LogP contribution is 2.16. The van der Waals surface area contributed by atoms with Crippen LogP contribution >= 0.6 is 0 Å². The number of nitrogens with zero attached hydrogens (tertiary/aromatic N) is 4. The lowest BCUT2D eigenvalue weighted by molar-refractivity contribution is -0.197. The van der Waals surface area contributed by atoms with Crippen LogP contribution in [0.1, 0.15) is 116 Å². The molecular formula is C36H51N7O15. The molecule has 9 amide bonds. The number of nitrogens with one attached hydrogen (secondary N) is 3. The molecule has 3 aliphatic rings. The van der Waals surface area contributed by atoms with Gasteiger partial charge in [-0.25, -0.2) is 14.4 Å². The second-order valence-corrected chi connectivity index (χ2v) is 13.8. The van der Waals surface area contributed by atoms with Crippen molar-refractivity contribution in [2.45, 2.75) is 116 Å². The maximum absolute atomic E-state index is 12.8. The molecule has 0 radical (unpaired) electrons. The van der Waals surface area contributed by atoms with Crippen LogP contribution in [0.4, 0.5) is 0 Å². The largest absolute Gasteiger partial charge is 0.355 e. The summed E-state index contributed by atoms with van der Waals surface area (Å²) < 4.78 is 0. The molecule has 3 aliphatic heterocycles. The predicted molar refractivity (Wildman–Crippen MR) is 192 cm³/mol. The summed E-state index contributed by atoms with van der Waals surface area (Å²) in [6.45, 7) is -0.170. The van der Waals surface area contributed by atoms with E-state index >= 15 is 0 Å². The lowest BCUT2D eigenvalue weighted by Crippen LogP contribution is -2.47. The Morgan fingerprint density at radius 1 is 0.397 bits per heavy atom. The summed E-state index contributed by atoms with van der Waals surface area (Å²) in [5, 5.41) is 9.58. The molecule has 320 valence electrons. The second kappa shape index (κ2) is 24.8. The Balaban J connectivity index is 1.34. The monoisotopic (exact) mass is 821 g/mol. The molecule has 3 N–H and O–H groups in total. The summed E-state index contributed by atoms with van der Waals surface area (Å²) >= 11 is 0. The van der Waals surface area contributed by atoms with Crippen molar-refractivity contribution in [3.63, 3.8) is 0 Å². The molecule has 22 heteroatoms. The Labute approximate surface area is 333 Å². The minimum atomic E-state index is -0.718. The van der Waals surface area contributed by atoms with Crippen LogP contribution < -0.4 is 16.0 Å². The standard InChI is InChI=1S/C36H51N7O15/c44-25(37-19-7-1-4-10-34(53)56-41-28(47)13-14-29(41)48)22-40(23-26(45)38-20-8-2-5-11-35(54)57-42-30(49)15-16-31(42)50)24-27(46)39-21-9-3-6-12-36(55)58-43-32(51)17-18-33(43)52/h1-24H2,(H,37,44)(H,38,45)(H,39,46). The first-order valence-corrected chi connectivity index (χ1v) is 19.5. The van der Waals surface area contributed by atoms with Crippen LogP contribution in [-0.2, 0) is 72.0 Å². The van der Waals surface area contributed by atoms with Crippen LogP contribution in [0.15, 0.2) is 0 Å². The van der Waals surface area contributed by atoms with Gasteiger partial charge in [0.15, 0.2) is 0 Å². The lowest BCUT2D eigenvalue weighted by atomic mass is 10.2. The molecule has 0 aromatic carbocycles. The number of amides is 9. The third kappa shape index (κ3) is 17.1. The lowest BCUT2D eigenvalue weighted by Gasteiger charge is -2.21. The quantitative estimate of drug-likeness (QED) is 0.0671. The number of rotatable bonds is 27. The van der Waals surface area contributed by atoms with E-state index in [1.165, 1.54) is 4.90 Å². The molecule has 0 saturated carbocycles. The van der Waals surface area contributed by atoms with Crippen LogP contribution in [-0.4, -0.2) is 130 Å². The van der Waals surface area contributed by atoms with Crippen molar-refractivity contribution in [1.29, 1.82) is 0 Å². The van der Waals surface area contributed by atoms with Gasteiger partial charge in [-0.05, 0) is 38.5 Å². The third-order valence-electron chi connectivity index (χ3n) is 8.84. The van der Waals surface area contributed by atoms with E-state index in [1.54, 1.807) is 0 Å². The average Bonchev–Trinajstić information content (AvgIpc) is 3.78. The van der Waals surface area contributed by atoms with Crippen molar-refractivity contribution in [1.82, 2.24) is 36.0 Å². The summed E-state index contributed by atoms with van der Waals surface area (Å²) in [7, 11) is 0. The van der Waals surface area contributed by atoms with Crippen LogP contribution in [0.25, 0.3) is 0 Å². The molecule has 0 unspecified atom stereocenters. The van der Waals surface area contributed by atoms with E-state index in [4.69, 9.17) is 14.5 Å². The molecule has 22 nitrogen and oxygen atoms in total. The Hall–Kier alpha value is -5.80. The first-order chi connectivity index (χ1) is 27.7. The van der Waals surface area contributed by atoms with Gasteiger partial charge in [0, 0.05) is 77.4 Å². The van der Waals surface area contributed by atoms with Crippen LogP contribution in [0.5, 0.6) is 0 Å². The predicted octanol–water partition coefficient (Wildman–Crippen LogP) is -0.860. The molecule has 3 saturated heterocycles. The van der Waals surface area contributed by atoms with Gasteiger partial charge in [-0.1, -0.05) is 19.3 Å². The van der Waals surface area contributed by atoms with Crippen LogP contribution in [0.3, 0.4) is 0 Å². The van der Waals surface area contributed by atoms with E-state index in [1.807, 2.05) is 0 Å². The summed E-state index contributed by atoms with van der Waals surface area (Å²) in [5.41, 5.74) is 0. The van der Waals surface area contributed by atoms with Gasteiger partial charge in [-0.15, -0.1) is 15.2 Å². The van der Waals surface area contributed by atoms with Gasteiger partial charge in [0.05, 0.1) is 19.6 Å². The van der Waals surface area contributed by atoms with Gasteiger partial charge < -0.3 is 30.5 Å². The number of carbonyl (C=O) groups excluding carboxylic acids is 12. The van der Waals surface area contributed by atoms with Crippen LogP contribution in [0.2, 0.25) is 0 Å². The number of hydrogen-bond acceptors (Lipinski definition) is 16. The summed E-state index contributed by atoms with van der Waals surface area (Å²) in [6.07, 6.45) is 4.02. The SMILES string of the molecule is O=C(CN(CC(=O)NCCCCCC(=O)ON1C(=O)CCC1=O)CC(=O)NCCCCCC(=O)ON1C(=O)CCC1=O)NCCCCCC(=O)ON1C(=O)CCC1=O. The highest BCUT2D eigenvalue weighted by molar-refractivity contribution is 6.02. The van der Waals surface area contributed by atoms with E-state index in [2.05, 4.69) is 16.0 Å². The van der Waals surface area contributed by atoms with E-state index in [9.17, 15) is 57.5 Å². The molecule has 3 fully saturated rings. The maximum atomic E-state index is 12.8. The van der Waals surface area contributed by atoms with Crippen molar-refractivity contribution >= 4 is 71.1 Å². The second-order valence-electron chi connectivity index (χ2n) is 13.8. The van der Waals surface area contributed by atoms with E-state index in [-0.39, 0.29) is 97.1 Å². The normalized spacial score (nSPS) is 15.4. The van der Waals surface area contributed by atoms with Gasteiger partial charge in [-0.3, -0.25) is 48.1 Å². The zero-order valence-corrected chi connectivity index (χ0v) is 32.4. The Morgan fingerprint density at radius 3 is 0.879 bits per heavy atom. The fraction of sp³-hybridized carbons (Fsp3) is 0.667. The van der Waals surface area contributed by atoms with Gasteiger partial charge >= 0.3 is 17.9 Å². The molecule has 0 aliphatic carbocycles. The fourth-order valence-corrected chi connectivity index (χ4v) is 5.76. The molecule has 0 aromatic rings. The van der Waals surface area contributed by atoms with Crippen molar-refractivity contribution in [3.05, 3.63) is 0 Å². The summed E-state index contributed by atoms with van der Waals surface area (Å²) in [6, 6.07) is 0. The van der Waals surface area contributed by atoms with Crippen molar-refractivity contribution in [2.75, 3.05) is 39.3 Å². The Kier molecular flexibility index (Phi) is 19.9. The van der Waals surface area contributed by atoms with Gasteiger partial charge in [0.2, 0.25) is 17.7 Å². The number of unbranched alkanes of at least 4 members (excludes halogenated alkanes) is 6. The van der Waals surface area contributed by atoms with Crippen LogP contribution in [0, 0.1) is 0 Å². The molecule has 3 rings (SSSR count). The maximum Gasteiger partial charge on any atom is 0.333 e. The van der Waals surface area contributed by atoms with Gasteiger partial charge in [-0.2, -0.15) is 0 Å². The molecular weight excluding hydrogens is 770 g/mol. The highest BCUT2D eigenvalue weighted by Gasteiger charge is 2.34. The zero-order chi connectivity index (χ0) is 42.5. The Morgan fingerprint density at radius 2 is 0.638 bits per heavy atom. The molecule has 0 atom stereocenters. The molecule has 0 spiro atoms. The first-order valence-electron chi connectivity index (χ1n) is 19.5. The first kappa shape index (κ1) is 46.6. The molecule has 0 bridgehead atoms. The summed E-state index contributed by atoms with van der Waals surface area (Å²) in [4.78, 5) is 159. The number of carbonyl (C=O) groups is 12. The smallest absolute Gasteiger partial charge is 0.333 e. The van der Waals surface area contributed by atoms with Gasteiger partial charge in [0.1, 0.15) is 0 Å². The fourth-order valence-electron chi connectivity index (χ4n) is 5.76. The van der Waals surface area contributed by atoms with Gasteiger partial charge in [0.25, 0.3) is 35.4 Å². The number of imide groups is 3.